The van der Waals surface area contributed by atoms with Crippen LogP contribution in [0.2, 0.25) is 0 Å². The van der Waals surface area contributed by atoms with E-state index >= 15 is 0 Å². The number of likely N-dealkylation sites (tertiary alicyclic amines) is 1. The monoisotopic (exact) mass is 492 g/mol. The Morgan fingerprint density at radius 2 is 1.83 bits per heavy atom. The highest BCUT2D eigenvalue weighted by molar-refractivity contribution is 6.46. The Hall–Kier alpha value is -3.58. The molecule has 1 N–H and O–H groups in total. The van der Waals surface area contributed by atoms with Gasteiger partial charge in [-0.15, -0.1) is 0 Å². The molecule has 1 atom stereocenters. The summed E-state index contributed by atoms with van der Waals surface area (Å²) in [5.41, 5.74) is 1.24. The van der Waals surface area contributed by atoms with Crippen LogP contribution in [0.1, 0.15) is 43.4 Å². The summed E-state index contributed by atoms with van der Waals surface area (Å²) in [6, 6.07) is 13.5. The molecule has 0 bridgehead atoms. The van der Waals surface area contributed by atoms with Gasteiger partial charge >= 0.3 is 0 Å². The summed E-state index contributed by atoms with van der Waals surface area (Å²) in [5.74, 6) is -0.246. The third-order valence-electron chi connectivity index (χ3n) is 5.98. The number of carbonyl (C=O) groups excluding carboxylic acids is 2. The van der Waals surface area contributed by atoms with Gasteiger partial charge in [-0.3, -0.25) is 9.59 Å². The van der Waals surface area contributed by atoms with Crippen LogP contribution in [0.15, 0.2) is 66.8 Å². The highest BCUT2D eigenvalue weighted by Crippen LogP contribution is 2.40. The zero-order valence-corrected chi connectivity index (χ0v) is 21.4. The van der Waals surface area contributed by atoms with E-state index in [1.165, 1.54) is 0 Å². The molecule has 3 rings (SSSR count). The number of benzene rings is 2. The number of aliphatic hydroxyl groups excluding tert-OH is 1. The lowest BCUT2D eigenvalue weighted by Crippen LogP contribution is -2.32. The second-order valence-corrected chi connectivity index (χ2v) is 9.05. The standard InChI is InChI=1S/C29H36N2O5/c1-5-7-19-36-24-11-8-10-22(20-24)27(32)25-26(21-12-14-23(15-13-21)35-18-6-2)31(29(34)28(25)33)17-9-16-30(3)4/h6,8,10-15,20,26,32H,2,5,7,9,16-19H2,1,3-4H3/b27-25+. The van der Waals surface area contributed by atoms with Crippen LogP contribution in [0.4, 0.5) is 0 Å². The van der Waals surface area contributed by atoms with Crippen LogP contribution in [0, 0.1) is 0 Å². The highest BCUT2D eigenvalue weighted by atomic mass is 16.5. The Kier molecular flexibility index (Phi) is 9.70. The average Bonchev–Trinajstić information content (AvgIpc) is 3.12. The van der Waals surface area contributed by atoms with Crippen molar-refractivity contribution in [2.75, 3.05) is 40.4 Å². The number of ketones is 1. The molecule has 192 valence electrons. The molecule has 0 aromatic heterocycles. The van der Waals surface area contributed by atoms with Gasteiger partial charge in [0.25, 0.3) is 11.7 Å². The first-order valence-electron chi connectivity index (χ1n) is 12.4. The summed E-state index contributed by atoms with van der Waals surface area (Å²) >= 11 is 0. The number of ether oxygens (including phenoxy) is 2. The van der Waals surface area contributed by atoms with E-state index in [1.54, 1.807) is 41.3 Å². The summed E-state index contributed by atoms with van der Waals surface area (Å²) in [6.45, 7) is 7.83. The van der Waals surface area contributed by atoms with Gasteiger partial charge in [0.05, 0.1) is 18.2 Å². The molecule has 1 aliphatic heterocycles. The lowest BCUT2D eigenvalue weighted by atomic mass is 9.95. The molecular formula is C29H36N2O5. The fourth-order valence-corrected chi connectivity index (χ4v) is 4.14. The number of hydrogen-bond donors (Lipinski definition) is 1. The van der Waals surface area contributed by atoms with Gasteiger partial charge in [-0.1, -0.05) is 50.3 Å². The number of amides is 1. The third kappa shape index (κ3) is 6.55. The molecule has 1 saturated heterocycles. The number of rotatable bonds is 13. The van der Waals surface area contributed by atoms with Gasteiger partial charge in [-0.05, 0) is 63.3 Å². The Morgan fingerprint density at radius 3 is 2.50 bits per heavy atom. The van der Waals surface area contributed by atoms with Crippen LogP contribution in [0.3, 0.4) is 0 Å². The Morgan fingerprint density at radius 1 is 1.08 bits per heavy atom. The van der Waals surface area contributed by atoms with E-state index in [0.717, 1.165) is 24.9 Å². The van der Waals surface area contributed by atoms with Crippen molar-refractivity contribution in [1.29, 1.82) is 0 Å². The van der Waals surface area contributed by atoms with Gasteiger partial charge < -0.3 is 24.4 Å². The van der Waals surface area contributed by atoms with Crippen molar-refractivity contribution in [2.45, 2.75) is 32.2 Å². The molecule has 1 unspecified atom stereocenters. The van der Waals surface area contributed by atoms with E-state index < -0.39 is 17.7 Å². The van der Waals surface area contributed by atoms with Crippen LogP contribution < -0.4 is 9.47 Å². The number of Topliss-reactive ketones (excluding diaryl/α,β-unsaturated/α-hetero) is 1. The van der Waals surface area contributed by atoms with Crippen molar-refractivity contribution in [3.8, 4) is 11.5 Å². The van der Waals surface area contributed by atoms with Crippen molar-refractivity contribution < 1.29 is 24.2 Å². The molecule has 1 fully saturated rings. The topological polar surface area (TPSA) is 79.3 Å². The normalized spacial score (nSPS) is 17.0. The predicted octanol–water partition coefficient (Wildman–Crippen LogP) is 4.80. The van der Waals surface area contributed by atoms with Gasteiger partial charge in [-0.2, -0.15) is 0 Å². The molecule has 0 spiro atoms. The SMILES string of the molecule is C=CCOc1ccc(C2/C(=C(\O)c3cccc(OCCCC)c3)C(=O)C(=O)N2CCCN(C)C)cc1. The second-order valence-electron chi connectivity index (χ2n) is 9.05. The van der Waals surface area contributed by atoms with Crippen LogP contribution in [-0.4, -0.2) is 67.0 Å². The van der Waals surface area contributed by atoms with E-state index in [4.69, 9.17) is 9.47 Å². The summed E-state index contributed by atoms with van der Waals surface area (Å²) in [5, 5.41) is 11.3. The molecule has 2 aromatic rings. The number of unbranched alkanes of at least 4 members (excludes halogenated alkanes) is 1. The van der Waals surface area contributed by atoms with Gasteiger partial charge in [0.1, 0.15) is 23.9 Å². The van der Waals surface area contributed by atoms with E-state index in [1.807, 2.05) is 37.2 Å². The lowest BCUT2D eigenvalue weighted by molar-refractivity contribution is -0.139. The van der Waals surface area contributed by atoms with Crippen molar-refractivity contribution in [1.82, 2.24) is 9.80 Å². The van der Waals surface area contributed by atoms with E-state index in [9.17, 15) is 14.7 Å². The third-order valence-corrected chi connectivity index (χ3v) is 5.98. The minimum Gasteiger partial charge on any atom is -0.507 e. The predicted molar refractivity (Wildman–Crippen MR) is 141 cm³/mol. The first kappa shape index (κ1) is 27.0. The molecule has 0 saturated carbocycles. The maximum absolute atomic E-state index is 13.2. The van der Waals surface area contributed by atoms with Crippen molar-refractivity contribution in [2.24, 2.45) is 0 Å². The van der Waals surface area contributed by atoms with Gasteiger partial charge in [0, 0.05) is 12.1 Å². The largest absolute Gasteiger partial charge is 0.507 e. The maximum atomic E-state index is 13.2. The molecular weight excluding hydrogens is 456 g/mol. The lowest BCUT2D eigenvalue weighted by Gasteiger charge is -2.26. The number of aliphatic hydroxyl groups is 1. The molecule has 0 aliphatic carbocycles. The van der Waals surface area contributed by atoms with Gasteiger partial charge in [0.2, 0.25) is 0 Å². The van der Waals surface area contributed by atoms with Gasteiger partial charge in [0.15, 0.2) is 0 Å². The Balaban J connectivity index is 2.01. The first-order valence-corrected chi connectivity index (χ1v) is 12.4. The molecule has 2 aromatic carbocycles. The molecule has 1 heterocycles. The van der Waals surface area contributed by atoms with E-state index in [0.29, 0.717) is 43.2 Å². The number of hydrogen-bond acceptors (Lipinski definition) is 6. The maximum Gasteiger partial charge on any atom is 0.295 e. The smallest absolute Gasteiger partial charge is 0.295 e. The minimum absolute atomic E-state index is 0.0790. The fraction of sp³-hybridized carbons (Fsp3) is 0.379. The summed E-state index contributed by atoms with van der Waals surface area (Å²) in [6.07, 6.45) is 4.28. The highest BCUT2D eigenvalue weighted by Gasteiger charge is 2.45. The van der Waals surface area contributed by atoms with Gasteiger partial charge in [-0.25, -0.2) is 0 Å². The van der Waals surface area contributed by atoms with Crippen LogP contribution in [-0.2, 0) is 9.59 Å². The molecule has 7 nitrogen and oxygen atoms in total. The molecule has 1 aliphatic rings. The van der Waals surface area contributed by atoms with Crippen molar-refractivity contribution >= 4 is 17.4 Å². The Labute approximate surface area is 213 Å². The van der Waals surface area contributed by atoms with E-state index in [-0.39, 0.29) is 11.3 Å². The average molecular weight is 493 g/mol. The quantitative estimate of drug-likeness (QED) is 0.142. The summed E-state index contributed by atoms with van der Waals surface area (Å²) in [7, 11) is 3.92. The number of nitrogens with zero attached hydrogens (tertiary/aromatic N) is 2. The molecule has 7 heteroatoms. The van der Waals surface area contributed by atoms with Crippen LogP contribution in [0.25, 0.3) is 5.76 Å². The zero-order chi connectivity index (χ0) is 26.1. The van der Waals surface area contributed by atoms with Crippen LogP contribution >= 0.6 is 0 Å². The second kappa shape index (κ2) is 12.9. The summed E-state index contributed by atoms with van der Waals surface area (Å²) in [4.78, 5) is 29.9. The molecule has 1 amide bonds. The van der Waals surface area contributed by atoms with Crippen molar-refractivity contribution in [3.05, 3.63) is 77.9 Å². The minimum atomic E-state index is -0.703. The molecule has 36 heavy (non-hydrogen) atoms. The number of carbonyl (C=O) groups is 2. The first-order chi connectivity index (χ1) is 17.4. The zero-order valence-electron chi connectivity index (χ0n) is 21.4. The van der Waals surface area contributed by atoms with E-state index in [2.05, 4.69) is 13.5 Å². The fourth-order valence-electron chi connectivity index (χ4n) is 4.14. The molecule has 0 radical (unpaired) electrons. The summed E-state index contributed by atoms with van der Waals surface area (Å²) < 4.78 is 11.4. The van der Waals surface area contributed by atoms with Crippen LogP contribution in [0.5, 0.6) is 11.5 Å². The van der Waals surface area contributed by atoms with Crippen molar-refractivity contribution in [3.63, 3.8) is 0 Å². The Bertz CT molecular complexity index is 1090.